The summed E-state index contributed by atoms with van der Waals surface area (Å²) in [4.78, 5) is 26.9. The minimum absolute atomic E-state index is 0.249. The van der Waals surface area contributed by atoms with Crippen LogP contribution in [0.2, 0.25) is 5.02 Å². The van der Waals surface area contributed by atoms with Gasteiger partial charge in [0.2, 0.25) is 0 Å². The van der Waals surface area contributed by atoms with Crippen molar-refractivity contribution >= 4 is 23.5 Å². The average Bonchev–Trinajstić information content (AvgIpc) is 2.86. The molecule has 2 aromatic rings. The summed E-state index contributed by atoms with van der Waals surface area (Å²) in [6.45, 7) is 5.06. The van der Waals surface area contributed by atoms with E-state index in [2.05, 4.69) is 10.3 Å². The molecule has 2 rings (SSSR count). The molecule has 1 aromatic carbocycles. The van der Waals surface area contributed by atoms with Gasteiger partial charge in [-0.25, -0.2) is 4.79 Å². The van der Waals surface area contributed by atoms with E-state index in [1.165, 1.54) is 0 Å². The number of hydrogen-bond acceptors (Lipinski definition) is 4. The fraction of sp³-hybridized carbons (Fsp3) is 0.333. The number of halogens is 1. The summed E-state index contributed by atoms with van der Waals surface area (Å²) >= 11 is 5.80. The molecule has 1 amide bonds. The van der Waals surface area contributed by atoms with Crippen LogP contribution in [0.25, 0.3) is 0 Å². The Bertz CT molecular complexity index is 766. The quantitative estimate of drug-likeness (QED) is 0.687. The normalized spacial score (nSPS) is 11.9. The third-order valence-corrected chi connectivity index (χ3v) is 4.11. The van der Waals surface area contributed by atoms with Crippen LogP contribution in [0.4, 0.5) is 0 Å². The third-order valence-electron chi connectivity index (χ3n) is 3.85. The Morgan fingerprint density at radius 1 is 1.28 bits per heavy atom. The van der Waals surface area contributed by atoms with E-state index in [0.717, 1.165) is 5.56 Å². The number of aromatic nitrogens is 1. The number of aryl methyl sites for hydroxylation is 1. The highest BCUT2D eigenvalue weighted by Crippen LogP contribution is 2.24. The Hall–Kier alpha value is -2.31. The zero-order chi connectivity index (χ0) is 18.6. The monoisotopic (exact) mass is 364 g/mol. The van der Waals surface area contributed by atoms with Crippen molar-refractivity contribution in [3.05, 3.63) is 57.4 Å². The fourth-order valence-corrected chi connectivity index (χ4v) is 2.78. The molecule has 1 atom stereocenters. The van der Waals surface area contributed by atoms with Gasteiger partial charge in [-0.05, 0) is 44.0 Å². The molecule has 0 unspecified atom stereocenters. The molecule has 6 nitrogen and oxygen atoms in total. The number of nitrogens with one attached hydrogen (secondary N) is 2. The van der Waals surface area contributed by atoms with Crippen LogP contribution in [0.5, 0.6) is 0 Å². The van der Waals surface area contributed by atoms with Crippen molar-refractivity contribution in [1.82, 2.24) is 10.3 Å². The van der Waals surface area contributed by atoms with E-state index in [-0.39, 0.29) is 12.3 Å². The molecule has 0 bridgehead atoms. The Morgan fingerprint density at radius 3 is 2.48 bits per heavy atom. The molecule has 3 N–H and O–H groups in total. The fourth-order valence-electron chi connectivity index (χ4n) is 2.65. The summed E-state index contributed by atoms with van der Waals surface area (Å²) in [5, 5.41) is 13.0. The van der Waals surface area contributed by atoms with Crippen molar-refractivity contribution in [2.24, 2.45) is 0 Å². The average molecular weight is 365 g/mol. The smallest absolute Gasteiger partial charge is 0.355 e. The lowest BCUT2D eigenvalue weighted by atomic mass is 10.1. The van der Waals surface area contributed by atoms with E-state index >= 15 is 0 Å². The molecule has 25 heavy (non-hydrogen) atoms. The van der Waals surface area contributed by atoms with Gasteiger partial charge in [0.15, 0.2) is 6.61 Å². The number of ether oxygens (including phenoxy) is 1. The number of aliphatic hydroxyl groups excluding tert-OH is 1. The SMILES string of the molecule is Cc1[nH]c(C(=O)OCC(=O)NCc2ccc(Cl)cc2)c(C)c1[C@@H](C)O. The van der Waals surface area contributed by atoms with Gasteiger partial charge in [0, 0.05) is 22.8 Å². The second-order valence-corrected chi connectivity index (χ2v) is 6.26. The minimum atomic E-state index is -0.694. The molecule has 1 heterocycles. The number of carbonyl (C=O) groups excluding carboxylic acids is 2. The first kappa shape index (κ1) is 19.0. The van der Waals surface area contributed by atoms with Gasteiger partial charge in [-0.1, -0.05) is 23.7 Å². The van der Waals surface area contributed by atoms with E-state index in [1.54, 1.807) is 45.0 Å². The third kappa shape index (κ3) is 4.84. The zero-order valence-corrected chi connectivity index (χ0v) is 15.1. The van der Waals surface area contributed by atoms with Crippen LogP contribution >= 0.6 is 11.6 Å². The lowest BCUT2D eigenvalue weighted by Gasteiger charge is -2.07. The maximum Gasteiger partial charge on any atom is 0.355 e. The number of amides is 1. The first-order valence-electron chi connectivity index (χ1n) is 7.85. The van der Waals surface area contributed by atoms with Crippen LogP contribution in [-0.2, 0) is 16.1 Å². The number of aromatic amines is 1. The van der Waals surface area contributed by atoms with Crippen molar-refractivity contribution in [2.45, 2.75) is 33.4 Å². The van der Waals surface area contributed by atoms with Crippen LogP contribution < -0.4 is 5.32 Å². The molecular weight excluding hydrogens is 344 g/mol. The van der Waals surface area contributed by atoms with Crippen LogP contribution in [-0.4, -0.2) is 28.6 Å². The maximum absolute atomic E-state index is 12.1. The highest BCUT2D eigenvalue weighted by atomic mass is 35.5. The lowest BCUT2D eigenvalue weighted by molar-refractivity contribution is -0.124. The van der Waals surface area contributed by atoms with E-state index in [4.69, 9.17) is 16.3 Å². The highest BCUT2D eigenvalue weighted by molar-refractivity contribution is 6.30. The Balaban J connectivity index is 1.88. The van der Waals surface area contributed by atoms with Gasteiger partial charge in [-0.2, -0.15) is 0 Å². The predicted molar refractivity (Wildman–Crippen MR) is 94.5 cm³/mol. The predicted octanol–water partition coefficient (Wildman–Crippen LogP) is 2.81. The van der Waals surface area contributed by atoms with E-state index in [0.29, 0.717) is 28.4 Å². The van der Waals surface area contributed by atoms with Gasteiger partial charge in [0.1, 0.15) is 5.69 Å². The zero-order valence-electron chi connectivity index (χ0n) is 14.4. The molecule has 0 saturated carbocycles. The van der Waals surface area contributed by atoms with Gasteiger partial charge in [-0.15, -0.1) is 0 Å². The van der Waals surface area contributed by atoms with Crippen molar-refractivity contribution in [2.75, 3.05) is 6.61 Å². The van der Waals surface area contributed by atoms with Gasteiger partial charge >= 0.3 is 5.97 Å². The van der Waals surface area contributed by atoms with Gasteiger partial charge in [0.25, 0.3) is 5.91 Å². The highest BCUT2D eigenvalue weighted by Gasteiger charge is 2.21. The van der Waals surface area contributed by atoms with Gasteiger partial charge in [-0.3, -0.25) is 4.79 Å². The second-order valence-electron chi connectivity index (χ2n) is 5.82. The molecular formula is C18H21ClN2O4. The molecule has 0 aliphatic carbocycles. The Morgan fingerprint density at radius 2 is 1.92 bits per heavy atom. The number of aliphatic hydroxyl groups is 1. The molecule has 1 aromatic heterocycles. The summed E-state index contributed by atoms with van der Waals surface area (Å²) in [7, 11) is 0. The number of rotatable bonds is 6. The van der Waals surface area contributed by atoms with Crippen LogP contribution in [0, 0.1) is 13.8 Å². The first-order chi connectivity index (χ1) is 11.8. The Kier molecular flexibility index (Phi) is 6.22. The number of H-pyrrole nitrogens is 1. The van der Waals surface area contributed by atoms with E-state index in [1.807, 2.05) is 0 Å². The molecule has 0 aliphatic rings. The second kappa shape index (κ2) is 8.18. The standard InChI is InChI=1S/C18H21ClN2O4/c1-10-16(12(3)22)11(2)21-17(10)18(24)25-9-15(23)20-8-13-4-6-14(19)7-5-13/h4-7,12,21-22H,8-9H2,1-3H3,(H,20,23)/t12-/m1/s1. The molecule has 134 valence electrons. The Labute approximate surface area is 151 Å². The number of esters is 1. The van der Waals surface area contributed by atoms with Crippen LogP contribution in [0.3, 0.4) is 0 Å². The topological polar surface area (TPSA) is 91.4 Å². The van der Waals surface area contributed by atoms with Crippen molar-refractivity contribution < 1.29 is 19.4 Å². The molecule has 7 heteroatoms. The summed E-state index contributed by atoms with van der Waals surface area (Å²) in [5.74, 6) is -1.03. The molecule has 0 fully saturated rings. The summed E-state index contributed by atoms with van der Waals surface area (Å²) in [6, 6.07) is 7.08. The van der Waals surface area contributed by atoms with Crippen LogP contribution in [0.15, 0.2) is 24.3 Å². The van der Waals surface area contributed by atoms with Crippen molar-refractivity contribution in [3.8, 4) is 0 Å². The lowest BCUT2D eigenvalue weighted by Crippen LogP contribution is -2.28. The van der Waals surface area contributed by atoms with Gasteiger partial charge in [0.05, 0.1) is 6.10 Å². The van der Waals surface area contributed by atoms with E-state index in [9.17, 15) is 14.7 Å². The van der Waals surface area contributed by atoms with Crippen molar-refractivity contribution in [3.63, 3.8) is 0 Å². The maximum atomic E-state index is 12.1. The van der Waals surface area contributed by atoms with E-state index < -0.39 is 18.0 Å². The largest absolute Gasteiger partial charge is 0.451 e. The van der Waals surface area contributed by atoms with Crippen LogP contribution in [0.1, 0.15) is 45.9 Å². The minimum Gasteiger partial charge on any atom is -0.451 e. The van der Waals surface area contributed by atoms with Crippen molar-refractivity contribution in [1.29, 1.82) is 0 Å². The number of benzene rings is 1. The number of hydrogen-bond donors (Lipinski definition) is 3. The molecule has 0 spiro atoms. The summed E-state index contributed by atoms with van der Waals surface area (Å²) < 4.78 is 5.04. The number of carbonyl (C=O) groups is 2. The molecule has 0 aliphatic heterocycles. The van der Waals surface area contributed by atoms with Gasteiger partial charge < -0.3 is 20.1 Å². The summed E-state index contributed by atoms with van der Waals surface area (Å²) in [5.41, 5.74) is 3.13. The molecule has 0 saturated heterocycles. The molecule has 0 radical (unpaired) electrons. The first-order valence-corrected chi connectivity index (χ1v) is 8.22. The summed E-state index contributed by atoms with van der Waals surface area (Å²) in [6.07, 6.45) is -0.694.